The van der Waals surface area contributed by atoms with Gasteiger partial charge >= 0.3 is 0 Å². The molecule has 2 aliphatic rings. The summed E-state index contributed by atoms with van der Waals surface area (Å²) in [5.41, 5.74) is 0.590. The van der Waals surface area contributed by atoms with Crippen LogP contribution in [0.3, 0.4) is 0 Å². The molecule has 2 fully saturated rings. The summed E-state index contributed by atoms with van der Waals surface area (Å²) < 4.78 is 0. The molecule has 0 radical (unpaired) electrons. The van der Waals surface area contributed by atoms with Crippen molar-refractivity contribution in [1.82, 2.24) is 15.1 Å². The molecule has 2 heterocycles. The van der Waals surface area contributed by atoms with E-state index in [1.165, 1.54) is 43.5 Å². The minimum Gasteiger partial charge on any atom is -0.354 e. The molecule has 128 valence electrons. The SMILES string of the molecule is CN=C(NCC(c1cccs1)N(C)C)N1CCC2(CCCC2)C1. The van der Waals surface area contributed by atoms with Crippen LogP contribution in [0.2, 0.25) is 0 Å². The number of nitrogens with one attached hydrogen (secondary N) is 1. The fourth-order valence-electron chi connectivity index (χ4n) is 4.19. The molecule has 1 unspecified atom stereocenters. The van der Waals surface area contributed by atoms with Crippen molar-refractivity contribution in [3.05, 3.63) is 22.4 Å². The van der Waals surface area contributed by atoms with Gasteiger partial charge in [0.15, 0.2) is 5.96 Å². The lowest BCUT2D eigenvalue weighted by atomic mass is 9.86. The Kier molecular flexibility index (Phi) is 5.27. The van der Waals surface area contributed by atoms with Crippen LogP contribution < -0.4 is 5.32 Å². The van der Waals surface area contributed by atoms with Gasteiger partial charge in [0.1, 0.15) is 0 Å². The van der Waals surface area contributed by atoms with Crippen LogP contribution in [0.15, 0.2) is 22.5 Å². The highest BCUT2D eigenvalue weighted by Crippen LogP contribution is 2.45. The zero-order valence-electron chi connectivity index (χ0n) is 14.7. The second-order valence-corrected chi connectivity index (χ2v) is 8.28. The smallest absolute Gasteiger partial charge is 0.193 e. The van der Waals surface area contributed by atoms with E-state index in [2.05, 4.69) is 51.7 Å². The lowest BCUT2D eigenvalue weighted by Crippen LogP contribution is -2.44. The third kappa shape index (κ3) is 3.72. The number of rotatable bonds is 4. The van der Waals surface area contributed by atoms with Gasteiger partial charge in [-0.05, 0) is 50.2 Å². The van der Waals surface area contributed by atoms with Gasteiger partial charge in [-0.2, -0.15) is 0 Å². The summed E-state index contributed by atoms with van der Waals surface area (Å²) in [6.45, 7) is 3.26. The van der Waals surface area contributed by atoms with Crippen LogP contribution in [0.25, 0.3) is 0 Å². The summed E-state index contributed by atoms with van der Waals surface area (Å²) >= 11 is 1.83. The summed E-state index contributed by atoms with van der Waals surface area (Å²) in [6, 6.07) is 4.76. The molecule has 1 saturated heterocycles. The average Bonchev–Trinajstić information content (AvgIpc) is 3.27. The second kappa shape index (κ2) is 7.22. The maximum atomic E-state index is 4.55. The quantitative estimate of drug-likeness (QED) is 0.678. The number of guanidine groups is 1. The first kappa shape index (κ1) is 16.8. The zero-order valence-corrected chi connectivity index (χ0v) is 15.5. The number of likely N-dealkylation sites (tertiary alicyclic amines) is 1. The van der Waals surface area contributed by atoms with Crippen molar-refractivity contribution < 1.29 is 0 Å². The molecular weight excluding hydrogens is 304 g/mol. The molecule has 1 aliphatic carbocycles. The fourth-order valence-corrected chi connectivity index (χ4v) is 5.11. The van der Waals surface area contributed by atoms with Gasteiger partial charge < -0.3 is 15.1 Å². The summed E-state index contributed by atoms with van der Waals surface area (Å²) in [7, 11) is 6.22. The summed E-state index contributed by atoms with van der Waals surface area (Å²) in [5, 5.41) is 5.79. The number of nitrogens with zero attached hydrogens (tertiary/aromatic N) is 3. The zero-order chi connectivity index (χ0) is 16.3. The van der Waals surface area contributed by atoms with Crippen molar-refractivity contribution >= 4 is 17.3 Å². The Morgan fingerprint density at radius 1 is 1.39 bits per heavy atom. The molecule has 1 saturated carbocycles. The fraction of sp³-hybridized carbons (Fsp3) is 0.722. The molecule has 1 spiro atoms. The van der Waals surface area contributed by atoms with E-state index in [0.29, 0.717) is 11.5 Å². The molecule has 0 amide bonds. The van der Waals surface area contributed by atoms with E-state index in [4.69, 9.17) is 0 Å². The lowest BCUT2D eigenvalue weighted by Gasteiger charge is -2.29. The lowest BCUT2D eigenvalue weighted by molar-refractivity contribution is 0.293. The number of hydrogen-bond acceptors (Lipinski definition) is 3. The van der Waals surface area contributed by atoms with Gasteiger partial charge in [-0.15, -0.1) is 11.3 Å². The van der Waals surface area contributed by atoms with Crippen molar-refractivity contribution in [1.29, 1.82) is 0 Å². The first-order valence-corrected chi connectivity index (χ1v) is 9.67. The van der Waals surface area contributed by atoms with Crippen LogP contribution >= 0.6 is 11.3 Å². The van der Waals surface area contributed by atoms with E-state index < -0.39 is 0 Å². The average molecular weight is 335 g/mol. The van der Waals surface area contributed by atoms with Crippen LogP contribution in [0.5, 0.6) is 0 Å². The van der Waals surface area contributed by atoms with E-state index in [1.807, 2.05) is 18.4 Å². The topological polar surface area (TPSA) is 30.9 Å². The number of hydrogen-bond donors (Lipinski definition) is 1. The molecule has 1 N–H and O–H groups in total. The van der Waals surface area contributed by atoms with Gasteiger partial charge in [-0.1, -0.05) is 18.9 Å². The Hall–Kier alpha value is -1.07. The Morgan fingerprint density at radius 3 is 2.78 bits per heavy atom. The predicted molar refractivity (Wildman–Crippen MR) is 99.2 cm³/mol. The van der Waals surface area contributed by atoms with Crippen molar-refractivity contribution in [2.45, 2.75) is 38.1 Å². The number of aliphatic imine (C=N–C) groups is 1. The second-order valence-electron chi connectivity index (χ2n) is 7.30. The maximum absolute atomic E-state index is 4.55. The Bertz CT molecular complexity index is 517. The van der Waals surface area contributed by atoms with Crippen LogP contribution in [-0.4, -0.2) is 56.5 Å². The van der Waals surface area contributed by atoms with E-state index in [-0.39, 0.29) is 0 Å². The normalized spacial score (nSPS) is 22.3. The highest BCUT2D eigenvalue weighted by Gasteiger charge is 2.41. The van der Waals surface area contributed by atoms with E-state index in [9.17, 15) is 0 Å². The largest absolute Gasteiger partial charge is 0.354 e. The van der Waals surface area contributed by atoms with Crippen molar-refractivity contribution in [2.24, 2.45) is 10.4 Å². The van der Waals surface area contributed by atoms with E-state index in [1.54, 1.807) is 0 Å². The Labute approximate surface area is 144 Å². The third-order valence-electron chi connectivity index (χ3n) is 5.56. The first-order valence-electron chi connectivity index (χ1n) is 8.79. The maximum Gasteiger partial charge on any atom is 0.193 e. The molecule has 0 bridgehead atoms. The highest BCUT2D eigenvalue weighted by molar-refractivity contribution is 7.10. The molecule has 3 rings (SSSR count). The van der Waals surface area contributed by atoms with Crippen molar-refractivity contribution in [2.75, 3.05) is 40.8 Å². The predicted octanol–water partition coefficient (Wildman–Crippen LogP) is 3.19. The number of thiophene rings is 1. The van der Waals surface area contributed by atoms with Crippen molar-refractivity contribution in [3.63, 3.8) is 0 Å². The molecule has 23 heavy (non-hydrogen) atoms. The Balaban J connectivity index is 1.59. The van der Waals surface area contributed by atoms with Gasteiger partial charge in [0.2, 0.25) is 0 Å². The van der Waals surface area contributed by atoms with Crippen LogP contribution in [0.1, 0.15) is 43.0 Å². The number of likely N-dealkylation sites (N-methyl/N-ethyl adjacent to an activating group) is 1. The molecule has 1 aromatic heterocycles. The first-order chi connectivity index (χ1) is 11.1. The summed E-state index contributed by atoms with van der Waals surface area (Å²) in [6.07, 6.45) is 7.00. The van der Waals surface area contributed by atoms with E-state index >= 15 is 0 Å². The van der Waals surface area contributed by atoms with Crippen molar-refractivity contribution in [3.8, 4) is 0 Å². The minimum atomic E-state index is 0.398. The molecule has 1 aromatic rings. The van der Waals surface area contributed by atoms with Gasteiger partial charge in [0.05, 0.1) is 6.04 Å². The Morgan fingerprint density at radius 2 is 2.17 bits per heavy atom. The molecule has 0 aromatic carbocycles. The van der Waals surface area contributed by atoms with Crippen LogP contribution in [0, 0.1) is 5.41 Å². The van der Waals surface area contributed by atoms with E-state index in [0.717, 1.165) is 19.0 Å². The molecule has 1 atom stereocenters. The van der Waals surface area contributed by atoms with Gasteiger partial charge in [-0.3, -0.25) is 4.99 Å². The summed E-state index contributed by atoms with van der Waals surface area (Å²) in [5.74, 6) is 1.08. The molecule has 5 heteroatoms. The highest BCUT2D eigenvalue weighted by atomic mass is 32.1. The standard InChI is InChI=1S/C18H30N4S/c1-19-17(22-11-10-18(14-22)8-4-5-9-18)20-13-15(21(2)3)16-7-6-12-23-16/h6-7,12,15H,4-5,8-11,13-14H2,1-3H3,(H,19,20). The minimum absolute atomic E-state index is 0.398. The van der Waals surface area contributed by atoms with Gasteiger partial charge in [0, 0.05) is 31.6 Å². The van der Waals surface area contributed by atoms with Crippen LogP contribution in [-0.2, 0) is 0 Å². The van der Waals surface area contributed by atoms with Crippen LogP contribution in [0.4, 0.5) is 0 Å². The monoisotopic (exact) mass is 334 g/mol. The van der Waals surface area contributed by atoms with Gasteiger partial charge in [0.25, 0.3) is 0 Å². The third-order valence-corrected chi connectivity index (χ3v) is 6.54. The molecule has 4 nitrogen and oxygen atoms in total. The molecule has 1 aliphatic heterocycles. The summed E-state index contributed by atoms with van der Waals surface area (Å²) in [4.78, 5) is 10.7. The molecular formula is C18H30N4S. The van der Waals surface area contributed by atoms with Gasteiger partial charge in [-0.25, -0.2) is 0 Å².